The molecule has 1 atom stereocenters. The monoisotopic (exact) mass is 264 g/mol. The van der Waals surface area contributed by atoms with Crippen LogP contribution in [0.1, 0.15) is 49.4 Å². The summed E-state index contributed by atoms with van der Waals surface area (Å²) in [5, 5.41) is 3.38. The first kappa shape index (κ1) is 16.0. The zero-order valence-corrected chi connectivity index (χ0v) is 13.1. The lowest BCUT2D eigenvalue weighted by atomic mass is 9.91. The van der Waals surface area contributed by atoms with E-state index in [1.165, 1.54) is 16.7 Å². The molecule has 19 heavy (non-hydrogen) atoms. The molecule has 3 N–H and O–H groups in total. The Morgan fingerprint density at radius 1 is 1.26 bits per heavy atom. The van der Waals surface area contributed by atoms with Gasteiger partial charge in [-0.25, -0.2) is 0 Å². The van der Waals surface area contributed by atoms with E-state index in [4.69, 9.17) is 10.5 Å². The molecule has 1 aromatic carbocycles. The lowest BCUT2D eigenvalue weighted by Crippen LogP contribution is -2.33. The Labute approximate surface area is 117 Å². The molecule has 0 aliphatic carbocycles. The second-order valence-corrected chi connectivity index (χ2v) is 6.05. The zero-order valence-electron chi connectivity index (χ0n) is 13.1. The Morgan fingerprint density at radius 2 is 1.84 bits per heavy atom. The molecular weight excluding hydrogens is 236 g/mol. The van der Waals surface area contributed by atoms with E-state index in [1.807, 2.05) is 7.05 Å². The maximum absolute atomic E-state index is 6.08. The van der Waals surface area contributed by atoms with Gasteiger partial charge in [-0.3, -0.25) is 0 Å². The van der Waals surface area contributed by atoms with Crippen molar-refractivity contribution in [2.24, 2.45) is 5.73 Å². The molecule has 1 unspecified atom stereocenters. The van der Waals surface area contributed by atoms with E-state index < -0.39 is 0 Å². The lowest BCUT2D eigenvalue weighted by Gasteiger charge is -2.25. The molecule has 108 valence electrons. The summed E-state index contributed by atoms with van der Waals surface area (Å²) in [7, 11) is 3.72. The molecule has 0 aliphatic rings. The molecule has 3 heteroatoms. The minimum absolute atomic E-state index is 0.137. The topological polar surface area (TPSA) is 47.3 Å². The molecule has 0 saturated carbocycles. The van der Waals surface area contributed by atoms with E-state index in [-0.39, 0.29) is 11.6 Å². The van der Waals surface area contributed by atoms with Crippen LogP contribution in [0.4, 0.5) is 0 Å². The van der Waals surface area contributed by atoms with E-state index in [0.29, 0.717) is 0 Å². The average molecular weight is 264 g/mol. The summed E-state index contributed by atoms with van der Waals surface area (Å²) in [6.07, 6.45) is 1.97. The first-order valence-electron chi connectivity index (χ1n) is 6.89. The molecule has 3 nitrogen and oxygen atoms in total. The Kier molecular flexibility index (Phi) is 5.39. The highest BCUT2D eigenvalue weighted by molar-refractivity contribution is 5.43. The summed E-state index contributed by atoms with van der Waals surface area (Å²) in [4.78, 5) is 0. The Balaban J connectivity index is 3.00. The third-order valence-corrected chi connectivity index (χ3v) is 3.65. The van der Waals surface area contributed by atoms with Crippen molar-refractivity contribution in [3.8, 4) is 5.75 Å². The molecule has 0 aromatic heterocycles. The molecule has 0 amide bonds. The van der Waals surface area contributed by atoms with Gasteiger partial charge in [0, 0.05) is 17.1 Å². The number of benzene rings is 1. The highest BCUT2D eigenvalue weighted by Crippen LogP contribution is 2.31. The predicted octanol–water partition coefficient (Wildman–Crippen LogP) is 3.09. The van der Waals surface area contributed by atoms with Gasteiger partial charge in [0.2, 0.25) is 0 Å². The van der Waals surface area contributed by atoms with Crippen LogP contribution < -0.4 is 15.8 Å². The fourth-order valence-corrected chi connectivity index (χ4v) is 2.23. The van der Waals surface area contributed by atoms with Gasteiger partial charge in [0.1, 0.15) is 5.75 Å². The standard InChI is InChI=1S/C16H28N2O/c1-11-9-13(15(19-6)10-12(11)2)14(18-5)7-8-16(3,4)17/h9-10,14,18H,7-8,17H2,1-6H3. The van der Waals surface area contributed by atoms with Crippen molar-refractivity contribution in [3.63, 3.8) is 0 Å². The summed E-state index contributed by atoms with van der Waals surface area (Å²) < 4.78 is 5.52. The zero-order chi connectivity index (χ0) is 14.6. The molecule has 0 spiro atoms. The number of nitrogens with one attached hydrogen (secondary N) is 1. The molecule has 0 bridgehead atoms. The summed E-state index contributed by atoms with van der Waals surface area (Å²) in [6, 6.07) is 4.61. The van der Waals surface area contributed by atoms with Gasteiger partial charge in [0.15, 0.2) is 0 Å². The van der Waals surface area contributed by atoms with Gasteiger partial charge >= 0.3 is 0 Å². The second kappa shape index (κ2) is 6.40. The number of ether oxygens (including phenoxy) is 1. The maximum atomic E-state index is 6.08. The molecule has 0 aliphatic heterocycles. The van der Waals surface area contributed by atoms with E-state index in [9.17, 15) is 0 Å². The van der Waals surface area contributed by atoms with E-state index in [2.05, 4.69) is 45.1 Å². The number of hydrogen-bond donors (Lipinski definition) is 2. The Bertz CT molecular complexity index is 421. The number of methoxy groups -OCH3 is 1. The second-order valence-electron chi connectivity index (χ2n) is 6.05. The SMILES string of the molecule is CNC(CCC(C)(C)N)c1cc(C)c(C)cc1OC. The summed E-state index contributed by atoms with van der Waals surface area (Å²) in [6.45, 7) is 8.38. The van der Waals surface area contributed by atoms with Crippen LogP contribution >= 0.6 is 0 Å². The maximum Gasteiger partial charge on any atom is 0.123 e. The fourth-order valence-electron chi connectivity index (χ4n) is 2.23. The number of aryl methyl sites for hydroxylation is 2. The minimum Gasteiger partial charge on any atom is -0.496 e. The molecule has 0 saturated heterocycles. The van der Waals surface area contributed by atoms with Crippen molar-refractivity contribution in [3.05, 3.63) is 28.8 Å². The van der Waals surface area contributed by atoms with Crippen LogP contribution in [0.3, 0.4) is 0 Å². The van der Waals surface area contributed by atoms with Gasteiger partial charge in [0.25, 0.3) is 0 Å². The molecule has 0 radical (unpaired) electrons. The highest BCUT2D eigenvalue weighted by Gasteiger charge is 2.19. The van der Waals surface area contributed by atoms with Crippen LogP contribution in [0.25, 0.3) is 0 Å². The molecule has 0 fully saturated rings. The van der Waals surface area contributed by atoms with E-state index >= 15 is 0 Å². The van der Waals surface area contributed by atoms with Crippen LogP contribution in [0.15, 0.2) is 12.1 Å². The molecule has 0 heterocycles. The van der Waals surface area contributed by atoms with Crippen LogP contribution in [0.5, 0.6) is 5.75 Å². The highest BCUT2D eigenvalue weighted by atomic mass is 16.5. The molecule has 1 aromatic rings. The summed E-state index contributed by atoms with van der Waals surface area (Å²) in [5.74, 6) is 0.956. The first-order valence-corrected chi connectivity index (χ1v) is 6.89. The van der Waals surface area contributed by atoms with Gasteiger partial charge < -0.3 is 15.8 Å². The van der Waals surface area contributed by atoms with Gasteiger partial charge in [0.05, 0.1) is 7.11 Å². The first-order chi connectivity index (χ1) is 8.78. The van der Waals surface area contributed by atoms with E-state index in [1.54, 1.807) is 7.11 Å². The fraction of sp³-hybridized carbons (Fsp3) is 0.625. The Morgan fingerprint density at radius 3 is 2.32 bits per heavy atom. The lowest BCUT2D eigenvalue weighted by molar-refractivity contribution is 0.380. The van der Waals surface area contributed by atoms with Crippen molar-refractivity contribution < 1.29 is 4.74 Å². The van der Waals surface area contributed by atoms with Crippen molar-refractivity contribution in [2.45, 2.75) is 52.1 Å². The van der Waals surface area contributed by atoms with Gasteiger partial charge in [-0.2, -0.15) is 0 Å². The van der Waals surface area contributed by atoms with Crippen molar-refractivity contribution in [1.29, 1.82) is 0 Å². The summed E-state index contributed by atoms with van der Waals surface area (Å²) >= 11 is 0. The third kappa shape index (κ3) is 4.51. The van der Waals surface area contributed by atoms with Crippen LogP contribution in [-0.2, 0) is 0 Å². The number of nitrogens with two attached hydrogens (primary N) is 1. The van der Waals surface area contributed by atoms with Crippen molar-refractivity contribution in [2.75, 3.05) is 14.2 Å². The average Bonchev–Trinajstić information content (AvgIpc) is 2.32. The largest absolute Gasteiger partial charge is 0.496 e. The van der Waals surface area contributed by atoms with Gasteiger partial charge in [-0.15, -0.1) is 0 Å². The predicted molar refractivity (Wildman–Crippen MR) is 81.8 cm³/mol. The van der Waals surface area contributed by atoms with Crippen molar-refractivity contribution in [1.82, 2.24) is 5.32 Å². The van der Waals surface area contributed by atoms with Gasteiger partial charge in [-0.05, 0) is 64.8 Å². The van der Waals surface area contributed by atoms with Crippen LogP contribution in [-0.4, -0.2) is 19.7 Å². The summed E-state index contributed by atoms with van der Waals surface area (Å²) in [5.41, 5.74) is 9.72. The quantitative estimate of drug-likeness (QED) is 0.830. The molecular formula is C16H28N2O. The normalized spacial score (nSPS) is 13.4. The number of hydrogen-bond acceptors (Lipinski definition) is 3. The van der Waals surface area contributed by atoms with Gasteiger partial charge in [-0.1, -0.05) is 6.07 Å². The van der Waals surface area contributed by atoms with E-state index in [0.717, 1.165) is 18.6 Å². The minimum atomic E-state index is -0.137. The Hall–Kier alpha value is -1.06. The third-order valence-electron chi connectivity index (χ3n) is 3.65. The smallest absolute Gasteiger partial charge is 0.123 e. The van der Waals surface area contributed by atoms with Crippen LogP contribution in [0, 0.1) is 13.8 Å². The molecule has 1 rings (SSSR count). The number of rotatable bonds is 6. The van der Waals surface area contributed by atoms with Crippen molar-refractivity contribution >= 4 is 0 Å². The van der Waals surface area contributed by atoms with Crippen LogP contribution in [0.2, 0.25) is 0 Å².